The first-order valence-electron chi connectivity index (χ1n) is 7.96. The van der Waals surface area contributed by atoms with Gasteiger partial charge in [-0.2, -0.15) is 0 Å². The summed E-state index contributed by atoms with van der Waals surface area (Å²) in [6.07, 6.45) is 0. The standard InChI is InChI=1S/C21H15NO2S/c23-21(24)19(14-8-2-1-3-9-14)25-20-17-12-5-4-10-15(17)16-11-6-7-13-18(16)22-20/h1-13,19H,(H,23,24). The highest BCUT2D eigenvalue weighted by Gasteiger charge is 2.23. The summed E-state index contributed by atoms with van der Waals surface area (Å²) in [5.74, 6) is -0.866. The molecule has 0 bridgehead atoms. The van der Waals surface area contributed by atoms with Gasteiger partial charge in [0.25, 0.3) is 0 Å². The molecule has 3 nitrogen and oxygen atoms in total. The SMILES string of the molecule is O=C(O)C(Sc1nc2ccccc2c2ccccc12)c1ccccc1. The Morgan fingerprint density at radius 1 is 0.800 bits per heavy atom. The lowest BCUT2D eigenvalue weighted by atomic mass is 10.1. The Labute approximate surface area is 149 Å². The van der Waals surface area contributed by atoms with E-state index in [0.29, 0.717) is 0 Å². The van der Waals surface area contributed by atoms with Gasteiger partial charge in [0.2, 0.25) is 0 Å². The van der Waals surface area contributed by atoms with Gasteiger partial charge >= 0.3 is 5.97 Å². The normalized spacial score (nSPS) is 12.3. The summed E-state index contributed by atoms with van der Waals surface area (Å²) in [4.78, 5) is 16.6. The minimum atomic E-state index is -0.866. The number of hydrogen-bond donors (Lipinski definition) is 1. The largest absolute Gasteiger partial charge is 0.480 e. The summed E-state index contributed by atoms with van der Waals surface area (Å²) < 4.78 is 0. The molecule has 1 aromatic heterocycles. The lowest BCUT2D eigenvalue weighted by molar-refractivity contribution is -0.136. The van der Waals surface area contributed by atoms with Gasteiger partial charge in [-0.05, 0) is 17.0 Å². The number of para-hydroxylation sites is 1. The summed E-state index contributed by atoms with van der Waals surface area (Å²) >= 11 is 1.28. The van der Waals surface area contributed by atoms with E-state index < -0.39 is 11.2 Å². The molecule has 1 unspecified atom stereocenters. The van der Waals surface area contributed by atoms with E-state index in [2.05, 4.69) is 6.07 Å². The molecule has 0 radical (unpaired) electrons. The number of carboxylic acid groups (broad SMARTS) is 1. The summed E-state index contributed by atoms with van der Waals surface area (Å²) in [5.41, 5.74) is 1.64. The number of rotatable bonds is 4. The molecule has 4 rings (SSSR count). The third-order valence-electron chi connectivity index (χ3n) is 4.13. The Kier molecular flexibility index (Phi) is 4.12. The Morgan fingerprint density at radius 3 is 2.12 bits per heavy atom. The van der Waals surface area contributed by atoms with E-state index in [1.165, 1.54) is 11.8 Å². The highest BCUT2D eigenvalue weighted by atomic mass is 32.2. The zero-order valence-electron chi connectivity index (χ0n) is 13.3. The molecule has 122 valence electrons. The molecular formula is C21H15NO2S. The first kappa shape index (κ1) is 15.7. The van der Waals surface area contributed by atoms with Crippen LogP contribution in [0, 0.1) is 0 Å². The van der Waals surface area contributed by atoms with Gasteiger partial charge in [0.05, 0.1) is 5.52 Å². The average molecular weight is 345 g/mol. The van der Waals surface area contributed by atoms with E-state index in [4.69, 9.17) is 4.98 Å². The number of aromatic nitrogens is 1. The van der Waals surface area contributed by atoms with Crippen LogP contribution in [0.3, 0.4) is 0 Å². The van der Waals surface area contributed by atoms with Crippen LogP contribution in [0.4, 0.5) is 0 Å². The number of nitrogens with zero attached hydrogens (tertiary/aromatic N) is 1. The van der Waals surface area contributed by atoms with Crippen molar-refractivity contribution in [2.24, 2.45) is 0 Å². The second-order valence-corrected chi connectivity index (χ2v) is 6.82. The molecule has 1 N–H and O–H groups in total. The first-order valence-corrected chi connectivity index (χ1v) is 8.84. The van der Waals surface area contributed by atoms with Crippen LogP contribution in [0.25, 0.3) is 21.7 Å². The van der Waals surface area contributed by atoms with E-state index in [1.54, 1.807) is 0 Å². The summed E-state index contributed by atoms with van der Waals surface area (Å²) in [5, 5.41) is 12.9. The molecule has 0 fully saturated rings. The van der Waals surface area contributed by atoms with Crippen molar-refractivity contribution in [3.05, 3.63) is 84.4 Å². The fraction of sp³-hybridized carbons (Fsp3) is 0.0476. The number of benzene rings is 3. The molecule has 4 heteroatoms. The lowest BCUT2D eigenvalue weighted by Crippen LogP contribution is -2.08. The predicted molar refractivity (Wildman–Crippen MR) is 102 cm³/mol. The molecule has 0 aliphatic heterocycles. The fourth-order valence-corrected chi connectivity index (χ4v) is 4.04. The molecular weight excluding hydrogens is 330 g/mol. The summed E-state index contributed by atoms with van der Waals surface area (Å²) in [7, 11) is 0. The smallest absolute Gasteiger partial charge is 0.321 e. The molecule has 0 saturated carbocycles. The Balaban J connectivity index is 1.89. The monoisotopic (exact) mass is 345 g/mol. The van der Waals surface area contributed by atoms with Gasteiger partial charge in [0.1, 0.15) is 10.3 Å². The molecule has 0 saturated heterocycles. The van der Waals surface area contributed by atoms with Crippen LogP contribution in [-0.4, -0.2) is 16.1 Å². The van der Waals surface area contributed by atoms with Gasteiger partial charge < -0.3 is 5.11 Å². The third-order valence-corrected chi connectivity index (χ3v) is 5.37. The molecule has 1 heterocycles. The third kappa shape index (κ3) is 2.96. The van der Waals surface area contributed by atoms with Crippen molar-refractivity contribution in [3.8, 4) is 0 Å². The van der Waals surface area contributed by atoms with E-state index in [-0.39, 0.29) is 0 Å². The highest BCUT2D eigenvalue weighted by Crippen LogP contribution is 2.39. The molecule has 0 spiro atoms. The van der Waals surface area contributed by atoms with Crippen molar-refractivity contribution < 1.29 is 9.90 Å². The van der Waals surface area contributed by atoms with Crippen LogP contribution in [0.5, 0.6) is 0 Å². The van der Waals surface area contributed by atoms with Gasteiger partial charge in [-0.15, -0.1) is 0 Å². The van der Waals surface area contributed by atoms with Crippen LogP contribution in [0.1, 0.15) is 10.8 Å². The Bertz CT molecular complexity index is 1060. The molecule has 1 atom stereocenters. The number of aliphatic carboxylic acids is 1. The molecule has 3 aromatic carbocycles. The maximum atomic E-state index is 11.9. The zero-order chi connectivity index (χ0) is 17.2. The highest BCUT2D eigenvalue weighted by molar-refractivity contribution is 8.00. The minimum Gasteiger partial charge on any atom is -0.480 e. The van der Waals surface area contributed by atoms with Gasteiger partial charge in [-0.25, -0.2) is 4.98 Å². The van der Waals surface area contributed by atoms with Crippen molar-refractivity contribution in [3.63, 3.8) is 0 Å². The first-order chi connectivity index (χ1) is 12.2. The van der Waals surface area contributed by atoms with Crippen molar-refractivity contribution in [1.29, 1.82) is 0 Å². The van der Waals surface area contributed by atoms with Crippen LogP contribution in [0.2, 0.25) is 0 Å². The van der Waals surface area contributed by atoms with Crippen LogP contribution >= 0.6 is 11.8 Å². The summed E-state index contributed by atoms with van der Waals surface area (Å²) in [6.45, 7) is 0. The van der Waals surface area contributed by atoms with Crippen molar-refractivity contribution in [2.45, 2.75) is 10.3 Å². The Hall–Kier alpha value is -2.85. The van der Waals surface area contributed by atoms with Crippen LogP contribution in [0.15, 0.2) is 83.9 Å². The van der Waals surface area contributed by atoms with Crippen LogP contribution in [-0.2, 0) is 4.79 Å². The number of carbonyl (C=O) groups is 1. The quantitative estimate of drug-likeness (QED) is 0.402. The van der Waals surface area contributed by atoms with Crippen molar-refractivity contribution in [1.82, 2.24) is 4.98 Å². The number of carboxylic acids is 1. The van der Waals surface area contributed by atoms with Crippen molar-refractivity contribution in [2.75, 3.05) is 0 Å². The Morgan fingerprint density at radius 2 is 1.40 bits per heavy atom. The second-order valence-electron chi connectivity index (χ2n) is 5.73. The zero-order valence-corrected chi connectivity index (χ0v) is 14.1. The predicted octanol–water partition coefficient (Wildman–Crippen LogP) is 5.31. The molecule has 0 aliphatic carbocycles. The van der Waals surface area contributed by atoms with E-state index >= 15 is 0 Å². The number of pyridine rings is 1. The topological polar surface area (TPSA) is 50.2 Å². The molecule has 4 aromatic rings. The molecule has 25 heavy (non-hydrogen) atoms. The molecule has 0 amide bonds. The van der Waals surface area contributed by atoms with Crippen molar-refractivity contribution >= 4 is 39.4 Å². The van der Waals surface area contributed by atoms with Gasteiger partial charge in [0, 0.05) is 10.8 Å². The fourth-order valence-electron chi connectivity index (χ4n) is 2.96. The van der Waals surface area contributed by atoms with E-state index in [9.17, 15) is 9.90 Å². The van der Waals surface area contributed by atoms with E-state index in [1.807, 2.05) is 72.8 Å². The lowest BCUT2D eigenvalue weighted by Gasteiger charge is -2.14. The molecule has 0 aliphatic rings. The number of fused-ring (bicyclic) bond motifs is 3. The maximum absolute atomic E-state index is 11.9. The summed E-state index contributed by atoms with van der Waals surface area (Å²) in [6, 6.07) is 25.3. The maximum Gasteiger partial charge on any atom is 0.321 e. The minimum absolute atomic E-state index is 0.696. The van der Waals surface area contributed by atoms with Gasteiger partial charge in [0.15, 0.2) is 0 Å². The second kappa shape index (κ2) is 6.57. The van der Waals surface area contributed by atoms with E-state index in [0.717, 1.165) is 32.3 Å². The van der Waals surface area contributed by atoms with Gasteiger partial charge in [-0.3, -0.25) is 4.79 Å². The van der Waals surface area contributed by atoms with Crippen LogP contribution < -0.4 is 0 Å². The number of hydrogen-bond acceptors (Lipinski definition) is 3. The number of thioether (sulfide) groups is 1. The van der Waals surface area contributed by atoms with Gasteiger partial charge in [-0.1, -0.05) is 84.6 Å². The average Bonchev–Trinajstić information content (AvgIpc) is 2.66.